The normalized spacial score (nSPS) is 18.9. The fraction of sp³-hybridized carbons (Fsp3) is 0.250. The van der Waals surface area contributed by atoms with Crippen molar-refractivity contribution in [2.75, 3.05) is 18.0 Å². The third-order valence-electron chi connectivity index (χ3n) is 6.61. The molecule has 5 heteroatoms. The van der Waals surface area contributed by atoms with E-state index in [9.17, 15) is 0 Å². The zero-order chi connectivity index (χ0) is 22.5. The molecular weight excluding hydrogens is 408 g/mol. The van der Waals surface area contributed by atoms with Crippen molar-refractivity contribution in [2.45, 2.75) is 33.0 Å². The van der Waals surface area contributed by atoms with Crippen molar-refractivity contribution in [3.05, 3.63) is 78.5 Å². The summed E-state index contributed by atoms with van der Waals surface area (Å²) in [6.45, 7) is 8.29. The van der Waals surface area contributed by atoms with Crippen molar-refractivity contribution in [3.8, 4) is 28.3 Å². The number of hydrogen-bond acceptors (Lipinski definition) is 3. The lowest BCUT2D eigenvalue weighted by Crippen LogP contribution is -2.45. The summed E-state index contributed by atoms with van der Waals surface area (Å²) in [6.07, 6.45) is 2.39. The Hall–Kier alpha value is -3.57. The Morgan fingerprint density at radius 2 is 1.73 bits per heavy atom. The van der Waals surface area contributed by atoms with Gasteiger partial charge in [0, 0.05) is 29.9 Å². The number of aryl methyl sites for hydroxylation is 1. The molecule has 5 aromatic rings. The Bertz CT molecular complexity index is 1390. The number of anilines is 1. The lowest BCUT2D eigenvalue weighted by atomic mass is 10.1. The van der Waals surface area contributed by atoms with Gasteiger partial charge in [-0.05, 0) is 62.2 Å². The van der Waals surface area contributed by atoms with Crippen molar-refractivity contribution in [2.24, 2.45) is 0 Å². The molecule has 1 aliphatic heterocycles. The van der Waals surface area contributed by atoms with Gasteiger partial charge in [0.1, 0.15) is 5.82 Å². The maximum atomic E-state index is 5.95. The van der Waals surface area contributed by atoms with Crippen molar-refractivity contribution in [1.29, 1.82) is 0 Å². The number of nitrogens with one attached hydrogen (secondary N) is 1. The number of H-pyrrole nitrogens is 1. The molecule has 4 heterocycles. The highest BCUT2D eigenvalue weighted by molar-refractivity contribution is 5.88. The summed E-state index contributed by atoms with van der Waals surface area (Å²) in [5.41, 5.74) is 9.40. The molecule has 1 aliphatic rings. The molecule has 6 rings (SSSR count). The molecule has 33 heavy (non-hydrogen) atoms. The van der Waals surface area contributed by atoms with E-state index < -0.39 is 0 Å². The predicted molar refractivity (Wildman–Crippen MR) is 134 cm³/mol. The van der Waals surface area contributed by atoms with Crippen molar-refractivity contribution in [3.63, 3.8) is 0 Å². The average molecular weight is 437 g/mol. The Morgan fingerprint density at radius 1 is 0.939 bits per heavy atom. The van der Waals surface area contributed by atoms with Crippen molar-refractivity contribution < 1.29 is 4.74 Å². The van der Waals surface area contributed by atoms with Crippen LogP contribution >= 0.6 is 0 Å². The predicted octanol–water partition coefficient (Wildman–Crippen LogP) is 6.05. The summed E-state index contributed by atoms with van der Waals surface area (Å²) in [5, 5.41) is 0. The molecule has 0 radical (unpaired) electrons. The minimum absolute atomic E-state index is 0.237. The Balaban J connectivity index is 1.38. The van der Waals surface area contributed by atoms with Gasteiger partial charge in [-0.2, -0.15) is 0 Å². The molecule has 2 bridgehead atoms. The van der Waals surface area contributed by atoms with E-state index in [1.807, 2.05) is 24.4 Å². The molecule has 3 aromatic heterocycles. The molecule has 0 saturated carbocycles. The number of hydrogen-bond donors (Lipinski definition) is 1. The molecule has 1 fully saturated rings. The highest BCUT2D eigenvalue weighted by Crippen LogP contribution is 2.36. The molecule has 0 amide bonds. The van der Waals surface area contributed by atoms with Gasteiger partial charge in [-0.15, -0.1) is 0 Å². The van der Waals surface area contributed by atoms with Crippen LogP contribution in [-0.4, -0.2) is 39.8 Å². The zero-order valence-electron chi connectivity index (χ0n) is 19.2. The van der Waals surface area contributed by atoms with Crippen LogP contribution in [0.3, 0.4) is 0 Å². The quantitative estimate of drug-likeness (QED) is 0.373. The second kappa shape index (κ2) is 7.78. The van der Waals surface area contributed by atoms with Crippen molar-refractivity contribution in [1.82, 2.24) is 14.5 Å². The zero-order valence-corrected chi connectivity index (χ0v) is 19.2. The summed E-state index contributed by atoms with van der Waals surface area (Å²) < 4.78 is 8.30. The third-order valence-corrected chi connectivity index (χ3v) is 6.61. The standard InChI is InChI=1S/C28H28N4O/c1-18-9-10-22(13-24(18)28-29-15-25(30-28)21-7-5-4-6-8-21)32-23-11-12-26(32)27(14-23)31-16-19(2)33-20(3)17-31/h4-15,19-20H,16-17H2,1-3H3,(H,29,30). The number of rotatable bonds is 4. The second-order valence-electron chi connectivity index (χ2n) is 9.18. The van der Waals surface area contributed by atoms with Gasteiger partial charge < -0.3 is 19.2 Å². The molecule has 1 saturated heterocycles. The van der Waals surface area contributed by atoms with Crippen LogP contribution in [0.2, 0.25) is 0 Å². The van der Waals surface area contributed by atoms with Crippen LogP contribution in [0.4, 0.5) is 5.69 Å². The van der Waals surface area contributed by atoms with Crippen LogP contribution in [0.5, 0.6) is 0 Å². The van der Waals surface area contributed by atoms with Crippen LogP contribution in [0.1, 0.15) is 19.4 Å². The molecule has 5 nitrogen and oxygen atoms in total. The number of ether oxygens (including phenoxy) is 1. The number of aromatic amines is 1. The fourth-order valence-electron chi connectivity index (χ4n) is 5.12. The van der Waals surface area contributed by atoms with E-state index in [1.54, 1.807) is 0 Å². The van der Waals surface area contributed by atoms with Gasteiger partial charge in [0.2, 0.25) is 0 Å². The van der Waals surface area contributed by atoms with Gasteiger partial charge in [-0.3, -0.25) is 0 Å². The summed E-state index contributed by atoms with van der Waals surface area (Å²) in [4.78, 5) is 10.7. The summed E-state index contributed by atoms with van der Waals surface area (Å²) in [7, 11) is 0. The van der Waals surface area contributed by atoms with E-state index in [1.165, 1.54) is 22.3 Å². The first kappa shape index (κ1) is 20.1. The minimum atomic E-state index is 0.237. The Morgan fingerprint density at radius 3 is 2.52 bits per heavy atom. The van der Waals surface area contributed by atoms with E-state index in [4.69, 9.17) is 9.72 Å². The number of benzene rings is 3. The summed E-state index contributed by atoms with van der Waals surface area (Å²) in [5.74, 6) is 0.895. The maximum Gasteiger partial charge on any atom is 0.138 e. The van der Waals surface area contributed by atoms with E-state index >= 15 is 0 Å². The average Bonchev–Trinajstić information content (AvgIpc) is 3.54. The van der Waals surface area contributed by atoms with Gasteiger partial charge in [-0.1, -0.05) is 36.4 Å². The van der Waals surface area contributed by atoms with Gasteiger partial charge in [-0.25, -0.2) is 4.98 Å². The van der Waals surface area contributed by atoms with E-state index in [2.05, 4.69) is 83.8 Å². The molecular formula is C28H28N4O. The summed E-state index contributed by atoms with van der Waals surface area (Å²) >= 11 is 0. The number of morpholine rings is 1. The van der Waals surface area contributed by atoms with Gasteiger partial charge in [0.05, 0.1) is 35.3 Å². The number of nitrogens with zero attached hydrogens (tertiary/aromatic N) is 3. The number of imidazole rings is 1. The molecule has 2 unspecified atom stereocenters. The van der Waals surface area contributed by atoms with Crippen LogP contribution in [-0.2, 0) is 4.74 Å². The highest BCUT2D eigenvalue weighted by Gasteiger charge is 2.26. The molecule has 166 valence electrons. The van der Waals surface area contributed by atoms with Crippen LogP contribution < -0.4 is 4.90 Å². The first-order valence-corrected chi connectivity index (χ1v) is 11.6. The second-order valence-corrected chi connectivity index (χ2v) is 9.18. The number of aromatic nitrogens is 3. The molecule has 2 aromatic carbocycles. The fourth-order valence-corrected chi connectivity index (χ4v) is 5.12. The number of fused-ring (bicyclic) bond motifs is 2. The van der Waals surface area contributed by atoms with E-state index in [0.29, 0.717) is 0 Å². The lowest BCUT2D eigenvalue weighted by Gasteiger charge is -2.36. The minimum Gasteiger partial charge on any atom is -0.372 e. The first-order chi connectivity index (χ1) is 16.1. The van der Waals surface area contributed by atoms with E-state index in [-0.39, 0.29) is 12.2 Å². The molecule has 0 spiro atoms. The maximum absolute atomic E-state index is 5.95. The lowest BCUT2D eigenvalue weighted by molar-refractivity contribution is -0.00512. The van der Waals surface area contributed by atoms with Gasteiger partial charge >= 0.3 is 0 Å². The monoisotopic (exact) mass is 436 g/mol. The summed E-state index contributed by atoms with van der Waals surface area (Å²) in [6, 6.07) is 23.7. The van der Waals surface area contributed by atoms with Crippen LogP contribution in [0, 0.1) is 6.92 Å². The first-order valence-electron chi connectivity index (χ1n) is 11.6. The largest absolute Gasteiger partial charge is 0.372 e. The van der Waals surface area contributed by atoms with Gasteiger partial charge in [0.25, 0.3) is 0 Å². The van der Waals surface area contributed by atoms with Crippen molar-refractivity contribution >= 4 is 16.7 Å². The molecule has 0 aliphatic carbocycles. The molecule has 1 N–H and O–H groups in total. The van der Waals surface area contributed by atoms with Gasteiger partial charge in [0.15, 0.2) is 0 Å². The Labute approximate surface area is 194 Å². The van der Waals surface area contributed by atoms with Crippen LogP contribution in [0.25, 0.3) is 39.4 Å². The SMILES string of the molecule is Cc1ccc(-n2c3ccc2c(N2CC(C)OC(C)C2)c3)cc1-c1ncc(-c2ccccc2)[nH]1. The third kappa shape index (κ3) is 3.49. The van der Waals surface area contributed by atoms with E-state index in [0.717, 1.165) is 41.4 Å². The smallest absolute Gasteiger partial charge is 0.138 e. The highest BCUT2D eigenvalue weighted by atomic mass is 16.5. The van der Waals surface area contributed by atoms with Crippen LogP contribution in [0.15, 0.2) is 72.9 Å². The topological polar surface area (TPSA) is 46.1 Å². The molecule has 2 atom stereocenters. The Kier molecular flexibility index (Phi) is 4.73.